The van der Waals surface area contributed by atoms with Gasteiger partial charge >= 0.3 is 0 Å². The van der Waals surface area contributed by atoms with Crippen LogP contribution in [0.1, 0.15) is 17.3 Å². The van der Waals surface area contributed by atoms with Gasteiger partial charge in [-0.1, -0.05) is 28.1 Å². The van der Waals surface area contributed by atoms with E-state index in [9.17, 15) is 13.2 Å². The fourth-order valence-electron chi connectivity index (χ4n) is 2.14. The number of nitrogens with zero attached hydrogens (tertiary/aromatic N) is 1. The van der Waals surface area contributed by atoms with E-state index in [2.05, 4.69) is 15.9 Å². The summed E-state index contributed by atoms with van der Waals surface area (Å²) < 4.78 is 23.7. The highest BCUT2D eigenvalue weighted by Gasteiger charge is 2.28. The predicted octanol–water partition coefficient (Wildman–Crippen LogP) is 1.75. The molecule has 19 heavy (non-hydrogen) atoms. The summed E-state index contributed by atoms with van der Waals surface area (Å²) in [6.07, 6.45) is 0. The Morgan fingerprint density at radius 2 is 1.74 bits per heavy atom. The van der Waals surface area contributed by atoms with E-state index in [1.165, 1.54) is 0 Å². The molecule has 0 aromatic heterocycles. The Kier molecular flexibility index (Phi) is 4.43. The second-order valence-corrected chi connectivity index (χ2v) is 7.95. The molecular weight excluding hydrogens is 330 g/mol. The normalized spacial score (nSPS) is 20.9. The van der Waals surface area contributed by atoms with E-state index in [1.54, 1.807) is 12.1 Å². The zero-order chi connectivity index (χ0) is 14.0. The Labute approximate surface area is 121 Å². The number of halogens is 1. The minimum absolute atomic E-state index is 0.0341. The quantitative estimate of drug-likeness (QED) is 0.783. The van der Waals surface area contributed by atoms with Gasteiger partial charge in [0, 0.05) is 23.1 Å². The summed E-state index contributed by atoms with van der Waals surface area (Å²) in [5, 5.41) is 0. The van der Waals surface area contributed by atoms with Crippen molar-refractivity contribution in [2.24, 2.45) is 0 Å². The molecule has 1 aromatic rings. The lowest BCUT2D eigenvalue weighted by atomic mass is 10.0. The summed E-state index contributed by atoms with van der Waals surface area (Å²) in [6.45, 7) is 2.71. The Morgan fingerprint density at radius 1 is 1.21 bits per heavy atom. The van der Waals surface area contributed by atoms with Crippen LogP contribution in [0, 0.1) is 0 Å². The van der Waals surface area contributed by atoms with Crippen LogP contribution in [0.15, 0.2) is 28.7 Å². The van der Waals surface area contributed by atoms with Crippen molar-refractivity contribution in [2.45, 2.75) is 13.0 Å². The standard InChI is InChI=1S/C13H16BrNO3S/c1-10(15-6-8-19(17,18)9-7-15)13(16)11-2-4-12(14)5-3-11/h2-5,10H,6-9H2,1H3. The topological polar surface area (TPSA) is 54.5 Å². The van der Waals surface area contributed by atoms with Gasteiger partial charge in [0.25, 0.3) is 0 Å². The lowest BCUT2D eigenvalue weighted by molar-refractivity contribution is 0.0849. The van der Waals surface area contributed by atoms with Crippen LogP contribution < -0.4 is 0 Å². The molecule has 0 saturated carbocycles. The van der Waals surface area contributed by atoms with Crippen molar-refractivity contribution in [3.05, 3.63) is 34.3 Å². The molecule has 1 aromatic carbocycles. The minimum atomic E-state index is -2.90. The summed E-state index contributed by atoms with van der Waals surface area (Å²) in [5.41, 5.74) is 0.657. The molecule has 104 valence electrons. The molecule has 6 heteroatoms. The van der Waals surface area contributed by atoms with Crippen LogP contribution in [-0.2, 0) is 9.84 Å². The largest absolute Gasteiger partial charge is 0.292 e. The van der Waals surface area contributed by atoms with Gasteiger partial charge in [0.2, 0.25) is 0 Å². The van der Waals surface area contributed by atoms with Crippen LogP contribution >= 0.6 is 15.9 Å². The average Bonchev–Trinajstić information content (AvgIpc) is 2.38. The highest BCUT2D eigenvalue weighted by molar-refractivity contribution is 9.10. The predicted molar refractivity (Wildman–Crippen MR) is 78.2 cm³/mol. The molecule has 1 aliphatic heterocycles. The van der Waals surface area contributed by atoms with Gasteiger partial charge in [0.1, 0.15) is 0 Å². The number of benzene rings is 1. The van der Waals surface area contributed by atoms with Gasteiger partial charge in [-0.2, -0.15) is 0 Å². The summed E-state index contributed by atoms with van der Waals surface area (Å²) in [7, 11) is -2.90. The Balaban J connectivity index is 2.06. The molecule has 1 heterocycles. The number of hydrogen-bond acceptors (Lipinski definition) is 4. The number of carbonyl (C=O) groups is 1. The van der Waals surface area contributed by atoms with Crippen molar-refractivity contribution in [3.8, 4) is 0 Å². The van der Waals surface area contributed by atoms with Crippen molar-refractivity contribution in [3.63, 3.8) is 0 Å². The van der Waals surface area contributed by atoms with Crippen molar-refractivity contribution in [2.75, 3.05) is 24.6 Å². The van der Waals surface area contributed by atoms with Gasteiger partial charge in [-0.25, -0.2) is 8.42 Å². The van der Waals surface area contributed by atoms with Gasteiger partial charge in [0.05, 0.1) is 17.5 Å². The number of sulfone groups is 1. The van der Waals surface area contributed by atoms with Gasteiger partial charge < -0.3 is 0 Å². The molecule has 1 aliphatic rings. The van der Waals surface area contributed by atoms with Crippen LogP contribution in [0.5, 0.6) is 0 Å². The van der Waals surface area contributed by atoms with E-state index in [0.717, 1.165) is 4.47 Å². The highest BCUT2D eigenvalue weighted by atomic mass is 79.9. The van der Waals surface area contributed by atoms with Crippen LogP contribution in [0.2, 0.25) is 0 Å². The first-order chi connectivity index (χ1) is 8.89. The molecule has 2 rings (SSSR count). The molecule has 0 bridgehead atoms. The molecule has 4 nitrogen and oxygen atoms in total. The van der Waals surface area contributed by atoms with Gasteiger partial charge in [0.15, 0.2) is 15.6 Å². The van der Waals surface area contributed by atoms with Gasteiger partial charge in [-0.05, 0) is 19.1 Å². The van der Waals surface area contributed by atoms with Crippen LogP contribution in [0.3, 0.4) is 0 Å². The van der Waals surface area contributed by atoms with Crippen molar-refractivity contribution < 1.29 is 13.2 Å². The molecule has 0 N–H and O–H groups in total. The number of hydrogen-bond donors (Lipinski definition) is 0. The zero-order valence-electron chi connectivity index (χ0n) is 10.7. The molecule has 1 fully saturated rings. The van der Waals surface area contributed by atoms with E-state index in [4.69, 9.17) is 0 Å². The third-order valence-corrected chi connectivity index (χ3v) is 5.57. The molecule has 1 atom stereocenters. The lowest BCUT2D eigenvalue weighted by Crippen LogP contribution is -2.47. The number of ketones is 1. The SMILES string of the molecule is CC(C(=O)c1ccc(Br)cc1)N1CCS(=O)(=O)CC1. The fourth-order valence-corrected chi connectivity index (χ4v) is 3.63. The number of Topliss-reactive ketones (excluding diaryl/α,β-unsaturated/α-hetero) is 1. The second-order valence-electron chi connectivity index (χ2n) is 4.73. The number of rotatable bonds is 3. The van der Waals surface area contributed by atoms with E-state index < -0.39 is 9.84 Å². The number of carbonyl (C=O) groups excluding carboxylic acids is 1. The van der Waals surface area contributed by atoms with Crippen molar-refractivity contribution in [1.82, 2.24) is 4.90 Å². The first-order valence-electron chi connectivity index (χ1n) is 6.13. The first-order valence-corrected chi connectivity index (χ1v) is 8.75. The van der Waals surface area contributed by atoms with E-state index in [-0.39, 0.29) is 23.3 Å². The molecule has 0 aliphatic carbocycles. The van der Waals surface area contributed by atoms with Crippen LogP contribution in [0.25, 0.3) is 0 Å². The molecule has 1 saturated heterocycles. The van der Waals surface area contributed by atoms with E-state index in [0.29, 0.717) is 18.7 Å². The third kappa shape index (κ3) is 3.64. The maximum Gasteiger partial charge on any atom is 0.179 e. The summed E-state index contributed by atoms with van der Waals surface area (Å²) in [4.78, 5) is 14.2. The van der Waals surface area contributed by atoms with Gasteiger partial charge in [-0.3, -0.25) is 9.69 Å². The first kappa shape index (κ1) is 14.7. The van der Waals surface area contributed by atoms with Crippen molar-refractivity contribution in [1.29, 1.82) is 0 Å². The van der Waals surface area contributed by atoms with E-state index >= 15 is 0 Å². The summed E-state index contributed by atoms with van der Waals surface area (Å²) in [5.74, 6) is 0.322. The molecule has 1 unspecified atom stereocenters. The monoisotopic (exact) mass is 345 g/mol. The molecule has 0 amide bonds. The van der Waals surface area contributed by atoms with Crippen LogP contribution in [0.4, 0.5) is 0 Å². The Hall–Kier alpha value is -0.720. The van der Waals surface area contributed by atoms with Crippen molar-refractivity contribution >= 4 is 31.6 Å². The average molecular weight is 346 g/mol. The highest BCUT2D eigenvalue weighted by Crippen LogP contribution is 2.15. The second kappa shape index (κ2) is 5.73. The zero-order valence-corrected chi connectivity index (χ0v) is 13.1. The van der Waals surface area contributed by atoms with Gasteiger partial charge in [-0.15, -0.1) is 0 Å². The minimum Gasteiger partial charge on any atom is -0.292 e. The molecule has 0 spiro atoms. The Morgan fingerprint density at radius 3 is 2.26 bits per heavy atom. The summed E-state index contributed by atoms with van der Waals surface area (Å²) >= 11 is 3.33. The maximum absolute atomic E-state index is 12.3. The molecule has 0 radical (unpaired) electrons. The third-order valence-electron chi connectivity index (χ3n) is 3.43. The van der Waals surface area contributed by atoms with E-state index in [1.807, 2.05) is 24.0 Å². The smallest absolute Gasteiger partial charge is 0.179 e. The lowest BCUT2D eigenvalue weighted by Gasteiger charge is -2.31. The molecular formula is C13H16BrNO3S. The maximum atomic E-state index is 12.3. The fraction of sp³-hybridized carbons (Fsp3) is 0.462. The van der Waals surface area contributed by atoms with Crippen LogP contribution in [-0.4, -0.2) is 49.7 Å². The summed E-state index contributed by atoms with van der Waals surface area (Å²) in [6, 6.07) is 6.95. The Bertz CT molecular complexity index is 554.